The zero-order chi connectivity index (χ0) is 14.6. The van der Waals surface area contributed by atoms with E-state index in [1.165, 1.54) is 6.20 Å². The summed E-state index contributed by atoms with van der Waals surface area (Å²) in [4.78, 5) is 16.5. The number of hydrogen-bond acceptors (Lipinski definition) is 5. The second-order valence-electron chi connectivity index (χ2n) is 4.23. The number of halogens is 1. The molecule has 0 amide bonds. The van der Waals surface area contributed by atoms with Crippen molar-refractivity contribution in [1.29, 1.82) is 5.26 Å². The van der Waals surface area contributed by atoms with Crippen molar-refractivity contribution in [2.24, 2.45) is 5.92 Å². The van der Waals surface area contributed by atoms with Crippen molar-refractivity contribution in [1.82, 2.24) is 4.98 Å². The fraction of sp³-hybridized carbons (Fsp3) is 0.500. The molecule has 0 bridgehead atoms. The number of hydrogen-bond donors (Lipinski definition) is 0. The Labute approximate surface area is 120 Å². The van der Waals surface area contributed by atoms with Crippen molar-refractivity contribution in [2.75, 3.05) is 18.0 Å². The van der Waals surface area contributed by atoms with Crippen LogP contribution in [0, 0.1) is 34.3 Å². The van der Waals surface area contributed by atoms with Gasteiger partial charge in [-0.2, -0.15) is 5.26 Å². The highest BCUT2D eigenvalue weighted by Crippen LogP contribution is 2.32. The van der Waals surface area contributed by atoms with E-state index < -0.39 is 4.92 Å². The summed E-state index contributed by atoms with van der Waals surface area (Å²) in [7, 11) is 0. The van der Waals surface area contributed by atoms with Crippen molar-refractivity contribution in [3.63, 3.8) is 0 Å². The molecule has 0 N–H and O–H groups in total. The molecule has 7 heteroatoms. The van der Waals surface area contributed by atoms with E-state index >= 15 is 0 Å². The van der Waals surface area contributed by atoms with Gasteiger partial charge in [0.25, 0.3) is 5.69 Å². The van der Waals surface area contributed by atoms with Crippen molar-refractivity contribution in [3.8, 4) is 6.07 Å². The van der Waals surface area contributed by atoms with E-state index in [1.807, 2.05) is 18.7 Å². The van der Waals surface area contributed by atoms with Crippen molar-refractivity contribution >= 4 is 27.4 Å². The van der Waals surface area contributed by atoms with Gasteiger partial charge in [0, 0.05) is 18.7 Å². The summed E-state index contributed by atoms with van der Waals surface area (Å²) in [5.74, 6) is 0.497. The van der Waals surface area contributed by atoms with Gasteiger partial charge in [0.2, 0.25) is 0 Å². The van der Waals surface area contributed by atoms with E-state index in [2.05, 4.69) is 27.0 Å². The van der Waals surface area contributed by atoms with E-state index in [9.17, 15) is 10.1 Å². The lowest BCUT2D eigenvalue weighted by Gasteiger charge is -2.24. The normalized spacial score (nSPS) is 11.7. The van der Waals surface area contributed by atoms with Gasteiger partial charge in [-0.05, 0) is 36.7 Å². The maximum Gasteiger partial charge on any atom is 0.291 e. The molecule has 0 aliphatic heterocycles. The van der Waals surface area contributed by atoms with Crippen LogP contribution in [0.5, 0.6) is 0 Å². The van der Waals surface area contributed by atoms with Gasteiger partial charge in [-0.15, -0.1) is 0 Å². The SMILES string of the molecule is CCN(CC(C)C#N)c1ncc([N+](=O)[O-])c(C)c1Br. The fourth-order valence-electron chi connectivity index (χ4n) is 1.70. The van der Waals surface area contributed by atoms with Crippen LogP contribution in [0.2, 0.25) is 0 Å². The highest BCUT2D eigenvalue weighted by molar-refractivity contribution is 9.10. The predicted octanol–water partition coefficient (Wildman–Crippen LogP) is 3.05. The molecule has 1 unspecified atom stereocenters. The van der Waals surface area contributed by atoms with Crippen molar-refractivity contribution in [3.05, 3.63) is 26.3 Å². The number of nitro groups is 1. The number of rotatable bonds is 5. The lowest BCUT2D eigenvalue weighted by atomic mass is 10.2. The maximum absolute atomic E-state index is 10.8. The molecule has 1 aromatic rings. The van der Waals surface area contributed by atoms with Crippen LogP contribution >= 0.6 is 15.9 Å². The zero-order valence-corrected chi connectivity index (χ0v) is 12.6. The van der Waals surface area contributed by atoms with Crippen LogP contribution < -0.4 is 4.90 Å². The van der Waals surface area contributed by atoms with Crippen LogP contribution in [-0.2, 0) is 0 Å². The Morgan fingerprint density at radius 3 is 2.79 bits per heavy atom. The molecule has 1 atom stereocenters. The molecule has 102 valence electrons. The molecule has 0 saturated heterocycles. The first kappa shape index (κ1) is 15.4. The summed E-state index contributed by atoms with van der Waals surface area (Å²) in [6.07, 6.45) is 1.26. The fourth-order valence-corrected chi connectivity index (χ4v) is 2.25. The Balaban J connectivity index is 3.17. The number of anilines is 1. The van der Waals surface area contributed by atoms with Crippen LogP contribution in [0.1, 0.15) is 19.4 Å². The number of pyridine rings is 1. The molecule has 0 aromatic carbocycles. The molecule has 0 spiro atoms. The Hall–Kier alpha value is -1.68. The number of nitriles is 1. The quantitative estimate of drug-likeness (QED) is 0.613. The average Bonchev–Trinajstić information content (AvgIpc) is 2.38. The van der Waals surface area contributed by atoms with E-state index in [-0.39, 0.29) is 11.6 Å². The summed E-state index contributed by atoms with van der Waals surface area (Å²) in [5.41, 5.74) is 0.526. The monoisotopic (exact) mass is 326 g/mol. The first-order valence-corrected chi connectivity index (χ1v) is 6.65. The van der Waals surface area contributed by atoms with Gasteiger partial charge in [-0.25, -0.2) is 4.98 Å². The van der Waals surface area contributed by atoms with Gasteiger partial charge in [0.15, 0.2) is 0 Å². The van der Waals surface area contributed by atoms with Gasteiger partial charge in [-0.1, -0.05) is 0 Å². The van der Waals surface area contributed by atoms with Crippen LogP contribution in [-0.4, -0.2) is 23.0 Å². The van der Waals surface area contributed by atoms with Crippen molar-refractivity contribution in [2.45, 2.75) is 20.8 Å². The summed E-state index contributed by atoms with van der Waals surface area (Å²) in [5, 5.41) is 19.7. The standard InChI is InChI=1S/C12H15BrN4O2/c1-4-16(7-8(2)5-14)12-11(13)9(3)10(6-15-12)17(18)19/h6,8H,4,7H2,1-3H3. The highest BCUT2D eigenvalue weighted by Gasteiger charge is 2.20. The Bertz CT molecular complexity index is 527. The highest BCUT2D eigenvalue weighted by atomic mass is 79.9. The first-order valence-electron chi connectivity index (χ1n) is 5.86. The lowest BCUT2D eigenvalue weighted by molar-refractivity contribution is -0.385. The van der Waals surface area contributed by atoms with Crippen molar-refractivity contribution < 1.29 is 4.92 Å². The van der Waals surface area contributed by atoms with Crippen LogP contribution in [0.3, 0.4) is 0 Å². The van der Waals surface area contributed by atoms with E-state index in [0.29, 0.717) is 28.9 Å². The van der Waals surface area contributed by atoms with Crippen LogP contribution in [0.15, 0.2) is 10.7 Å². The smallest absolute Gasteiger partial charge is 0.291 e. The molecule has 6 nitrogen and oxygen atoms in total. The largest absolute Gasteiger partial charge is 0.355 e. The topological polar surface area (TPSA) is 83.1 Å². The third-order valence-electron chi connectivity index (χ3n) is 2.81. The molecule has 1 rings (SSSR count). The summed E-state index contributed by atoms with van der Waals surface area (Å²) in [6, 6.07) is 2.17. The molecule has 0 aliphatic carbocycles. The van der Waals surface area contributed by atoms with Gasteiger partial charge in [0.1, 0.15) is 12.0 Å². The zero-order valence-electron chi connectivity index (χ0n) is 11.1. The molecule has 0 saturated carbocycles. The molecule has 1 aromatic heterocycles. The second kappa shape index (κ2) is 6.48. The molecular formula is C12H15BrN4O2. The number of aromatic nitrogens is 1. The molecule has 0 fully saturated rings. The van der Waals surface area contributed by atoms with Gasteiger partial charge < -0.3 is 4.90 Å². The maximum atomic E-state index is 10.8. The molecule has 0 radical (unpaired) electrons. The summed E-state index contributed by atoms with van der Waals surface area (Å²) < 4.78 is 0.605. The van der Waals surface area contributed by atoms with Gasteiger partial charge >= 0.3 is 0 Å². The average molecular weight is 327 g/mol. The van der Waals surface area contributed by atoms with Crippen LogP contribution in [0.4, 0.5) is 11.5 Å². The Morgan fingerprint density at radius 2 is 2.32 bits per heavy atom. The first-order chi connectivity index (χ1) is 8.92. The van der Waals surface area contributed by atoms with E-state index in [0.717, 1.165) is 0 Å². The minimum absolute atomic E-state index is 0.0139. The molecule has 0 aliphatic rings. The summed E-state index contributed by atoms with van der Waals surface area (Å²) >= 11 is 3.36. The predicted molar refractivity (Wildman–Crippen MR) is 76.0 cm³/mol. The van der Waals surface area contributed by atoms with Crippen LogP contribution in [0.25, 0.3) is 0 Å². The Kier molecular flexibility index (Phi) is 5.24. The molecule has 19 heavy (non-hydrogen) atoms. The van der Waals surface area contributed by atoms with Gasteiger partial charge in [0.05, 0.1) is 21.4 Å². The molecular weight excluding hydrogens is 312 g/mol. The second-order valence-corrected chi connectivity index (χ2v) is 5.02. The summed E-state index contributed by atoms with van der Waals surface area (Å²) in [6.45, 7) is 6.67. The Morgan fingerprint density at radius 1 is 1.68 bits per heavy atom. The number of nitrogens with zero attached hydrogens (tertiary/aromatic N) is 4. The lowest BCUT2D eigenvalue weighted by Crippen LogP contribution is -2.29. The van der Waals surface area contributed by atoms with Gasteiger partial charge in [-0.3, -0.25) is 10.1 Å². The minimum Gasteiger partial charge on any atom is -0.355 e. The van der Waals surface area contributed by atoms with E-state index in [1.54, 1.807) is 6.92 Å². The molecule has 1 heterocycles. The van der Waals surface area contributed by atoms with E-state index in [4.69, 9.17) is 5.26 Å². The third kappa shape index (κ3) is 3.41. The minimum atomic E-state index is -0.453. The third-order valence-corrected chi connectivity index (χ3v) is 3.76.